The molecule has 0 aliphatic heterocycles. The van der Waals surface area contributed by atoms with Crippen LogP contribution in [0, 0.1) is 0 Å². The van der Waals surface area contributed by atoms with Gasteiger partial charge in [-0.25, -0.2) is 0 Å². The largest absolute Gasteiger partial charge is 0.376 e. The number of rotatable bonds is 2. The minimum Gasteiger partial charge on any atom is -0.376 e. The predicted octanol–water partition coefficient (Wildman–Crippen LogP) is 1.03. The van der Waals surface area contributed by atoms with Crippen molar-refractivity contribution >= 4 is 16.8 Å². The summed E-state index contributed by atoms with van der Waals surface area (Å²) in [6, 6.07) is 0. The first-order valence-corrected chi connectivity index (χ1v) is 1.82. The highest BCUT2D eigenvalue weighted by Crippen LogP contribution is 1.76. The number of methoxy groups -OCH3 is 1. The molecule has 0 rings (SSSR count). The Morgan fingerprint density at radius 2 is 2.29 bits per heavy atom. The maximum Gasteiger partial charge on any atom is 0.247 e. The molecule has 0 saturated heterocycles. The third-order valence-corrected chi connectivity index (χ3v) is 0.367. The van der Waals surface area contributed by atoms with Crippen LogP contribution < -0.4 is 0 Å². The Hall–Kier alpha value is -0.0800. The zero-order valence-corrected chi connectivity index (χ0v) is 4.16. The molecule has 0 heterocycles. The maximum absolute atomic E-state index is 9.68. The fourth-order valence-electron chi connectivity index (χ4n) is 0.113. The van der Waals surface area contributed by atoms with E-state index in [0.717, 1.165) is 0 Å². The minimum atomic E-state index is -0.461. The van der Waals surface area contributed by atoms with E-state index in [-0.39, 0.29) is 14.0 Å². The predicted molar refractivity (Wildman–Crippen MR) is 29.5 cm³/mol. The van der Waals surface area contributed by atoms with Crippen LogP contribution in [0.1, 0.15) is 7.43 Å². The SMILES string of the molecule is C.COCC(=O)Cl. The van der Waals surface area contributed by atoms with E-state index in [1.54, 1.807) is 0 Å². The van der Waals surface area contributed by atoms with Gasteiger partial charge in [-0.1, -0.05) is 7.43 Å². The lowest BCUT2D eigenvalue weighted by Gasteiger charge is -1.82. The second kappa shape index (κ2) is 5.92. The number of hydrogen-bond donors (Lipinski definition) is 0. The Morgan fingerprint density at radius 1 is 1.86 bits per heavy atom. The minimum absolute atomic E-state index is 0. The molecule has 0 spiro atoms. The molecule has 0 aliphatic rings. The van der Waals surface area contributed by atoms with Crippen LogP contribution in [0.15, 0.2) is 0 Å². The molecule has 0 saturated carbocycles. The number of ether oxygens (including phenoxy) is 1. The lowest BCUT2D eigenvalue weighted by Crippen LogP contribution is -1.95. The van der Waals surface area contributed by atoms with Gasteiger partial charge in [0.2, 0.25) is 5.24 Å². The van der Waals surface area contributed by atoms with E-state index in [0.29, 0.717) is 0 Å². The molecular weight excluding hydrogens is 115 g/mol. The molecular formula is C4H9ClO2. The van der Waals surface area contributed by atoms with Crippen molar-refractivity contribution in [2.45, 2.75) is 7.43 Å². The van der Waals surface area contributed by atoms with Crippen LogP contribution in [-0.2, 0) is 9.53 Å². The Bertz CT molecular complexity index is 53.7. The van der Waals surface area contributed by atoms with Gasteiger partial charge >= 0.3 is 0 Å². The summed E-state index contributed by atoms with van der Waals surface area (Å²) in [4.78, 5) is 9.68. The zero-order chi connectivity index (χ0) is 4.99. The molecule has 0 atom stereocenters. The lowest BCUT2D eigenvalue weighted by molar-refractivity contribution is -0.114. The molecule has 0 aromatic carbocycles. The fourth-order valence-corrected chi connectivity index (χ4v) is 0.223. The van der Waals surface area contributed by atoms with Crippen molar-refractivity contribution in [2.24, 2.45) is 0 Å². The smallest absolute Gasteiger partial charge is 0.247 e. The first-order chi connectivity index (χ1) is 2.77. The van der Waals surface area contributed by atoms with Crippen molar-refractivity contribution in [3.8, 4) is 0 Å². The van der Waals surface area contributed by atoms with Gasteiger partial charge in [-0.2, -0.15) is 0 Å². The van der Waals surface area contributed by atoms with Crippen molar-refractivity contribution < 1.29 is 9.53 Å². The van der Waals surface area contributed by atoms with Crippen molar-refractivity contribution in [2.75, 3.05) is 13.7 Å². The standard InChI is InChI=1S/C3H5ClO2.CH4/c1-6-2-3(4)5;/h2H2,1H3;1H4. The number of hydrogen-bond acceptors (Lipinski definition) is 2. The molecule has 0 aromatic heterocycles. The highest BCUT2D eigenvalue weighted by atomic mass is 35.5. The van der Waals surface area contributed by atoms with Gasteiger partial charge in [0, 0.05) is 7.11 Å². The van der Waals surface area contributed by atoms with Crippen molar-refractivity contribution in [3.63, 3.8) is 0 Å². The normalized spacial score (nSPS) is 7.14. The third kappa shape index (κ3) is 10.7. The van der Waals surface area contributed by atoms with Crippen LogP contribution in [0.25, 0.3) is 0 Å². The fraction of sp³-hybridized carbons (Fsp3) is 0.750. The second-order valence-electron chi connectivity index (χ2n) is 0.788. The highest BCUT2D eigenvalue weighted by molar-refractivity contribution is 6.63. The first-order valence-electron chi connectivity index (χ1n) is 1.44. The van der Waals surface area contributed by atoms with Crippen molar-refractivity contribution in [1.29, 1.82) is 0 Å². The van der Waals surface area contributed by atoms with E-state index in [9.17, 15) is 4.79 Å². The summed E-state index contributed by atoms with van der Waals surface area (Å²) in [5, 5.41) is -0.461. The molecule has 0 fully saturated rings. The molecule has 0 N–H and O–H groups in total. The molecule has 7 heavy (non-hydrogen) atoms. The average Bonchev–Trinajstić information content (AvgIpc) is 1.35. The molecule has 0 amide bonds. The summed E-state index contributed by atoms with van der Waals surface area (Å²) in [6.45, 7) is 0.00154. The van der Waals surface area contributed by atoms with Gasteiger partial charge in [0.05, 0.1) is 0 Å². The van der Waals surface area contributed by atoms with E-state index in [1.807, 2.05) is 0 Å². The number of carbonyl (C=O) groups excluding carboxylic acids is 1. The van der Waals surface area contributed by atoms with E-state index in [1.165, 1.54) is 7.11 Å². The molecule has 44 valence electrons. The van der Waals surface area contributed by atoms with Crippen LogP contribution in [0.3, 0.4) is 0 Å². The summed E-state index contributed by atoms with van der Waals surface area (Å²) in [5.41, 5.74) is 0. The molecule has 0 bridgehead atoms. The molecule has 0 radical (unpaired) electrons. The summed E-state index contributed by atoms with van der Waals surface area (Å²) in [7, 11) is 1.42. The first kappa shape index (κ1) is 10.0. The summed E-state index contributed by atoms with van der Waals surface area (Å²) >= 11 is 4.81. The molecule has 0 aromatic rings. The quantitative estimate of drug-likeness (QED) is 0.514. The molecule has 0 aliphatic carbocycles. The molecule has 0 unspecified atom stereocenters. The summed E-state index contributed by atoms with van der Waals surface area (Å²) < 4.78 is 4.32. The van der Waals surface area contributed by atoms with Gasteiger partial charge in [0.15, 0.2) is 0 Å². The maximum atomic E-state index is 9.68. The number of carbonyl (C=O) groups is 1. The Balaban J connectivity index is 0. The van der Waals surface area contributed by atoms with Gasteiger partial charge in [-0.05, 0) is 11.6 Å². The Kier molecular flexibility index (Phi) is 8.47. The van der Waals surface area contributed by atoms with E-state index in [2.05, 4.69) is 4.74 Å². The van der Waals surface area contributed by atoms with Crippen molar-refractivity contribution in [1.82, 2.24) is 0 Å². The van der Waals surface area contributed by atoms with E-state index < -0.39 is 5.24 Å². The van der Waals surface area contributed by atoms with Crippen LogP contribution in [0.5, 0.6) is 0 Å². The summed E-state index contributed by atoms with van der Waals surface area (Å²) in [5.74, 6) is 0. The molecule has 2 nitrogen and oxygen atoms in total. The molecule has 3 heteroatoms. The summed E-state index contributed by atoms with van der Waals surface area (Å²) in [6.07, 6.45) is 0. The van der Waals surface area contributed by atoms with Gasteiger partial charge < -0.3 is 4.74 Å². The van der Waals surface area contributed by atoms with Crippen LogP contribution >= 0.6 is 11.6 Å². The van der Waals surface area contributed by atoms with E-state index >= 15 is 0 Å². The average molecular weight is 125 g/mol. The van der Waals surface area contributed by atoms with Crippen LogP contribution in [0.4, 0.5) is 0 Å². The monoisotopic (exact) mass is 124 g/mol. The van der Waals surface area contributed by atoms with Crippen molar-refractivity contribution in [3.05, 3.63) is 0 Å². The topological polar surface area (TPSA) is 26.3 Å². The van der Waals surface area contributed by atoms with Gasteiger partial charge in [0.1, 0.15) is 6.61 Å². The van der Waals surface area contributed by atoms with Gasteiger partial charge in [-0.15, -0.1) is 0 Å². The third-order valence-electron chi connectivity index (χ3n) is 0.258. The highest BCUT2D eigenvalue weighted by Gasteiger charge is 1.87. The second-order valence-corrected chi connectivity index (χ2v) is 1.21. The van der Waals surface area contributed by atoms with Crippen LogP contribution in [0.2, 0.25) is 0 Å². The lowest BCUT2D eigenvalue weighted by atomic mass is 10.8. The number of halogens is 1. The van der Waals surface area contributed by atoms with E-state index in [4.69, 9.17) is 11.6 Å². The van der Waals surface area contributed by atoms with Gasteiger partial charge in [0.25, 0.3) is 0 Å². The zero-order valence-electron chi connectivity index (χ0n) is 3.40. The van der Waals surface area contributed by atoms with Gasteiger partial charge in [-0.3, -0.25) is 4.79 Å². The Morgan fingerprint density at radius 3 is 2.29 bits per heavy atom. The Labute approximate surface area is 48.4 Å². The van der Waals surface area contributed by atoms with Crippen LogP contribution in [-0.4, -0.2) is 19.0 Å².